The van der Waals surface area contributed by atoms with Gasteiger partial charge >= 0.3 is 0 Å². The summed E-state index contributed by atoms with van der Waals surface area (Å²) in [5.74, 6) is 0. The molecule has 0 amide bonds. The first-order valence-corrected chi connectivity index (χ1v) is 5.22. The third-order valence-corrected chi connectivity index (χ3v) is 2.58. The third-order valence-electron chi connectivity index (χ3n) is 2.58. The summed E-state index contributed by atoms with van der Waals surface area (Å²) >= 11 is 0. The van der Waals surface area contributed by atoms with Gasteiger partial charge in [-0.1, -0.05) is 6.07 Å². The lowest BCUT2D eigenvalue weighted by molar-refractivity contribution is 0.0120. The molecule has 0 spiro atoms. The van der Waals surface area contributed by atoms with Gasteiger partial charge in [0.05, 0.1) is 18.0 Å². The molecule has 0 fully saturated rings. The minimum Gasteiger partial charge on any atom is -0.390 e. The second kappa shape index (κ2) is 4.61. The molecular weight excluding hydrogens is 206 g/mol. The number of rotatable bonds is 4. The quantitative estimate of drug-likeness (QED) is 0.682. The maximum atomic E-state index is 9.94. The summed E-state index contributed by atoms with van der Waals surface area (Å²) in [5, 5.41) is 19.6. The highest BCUT2D eigenvalue weighted by Crippen LogP contribution is 2.19. The van der Waals surface area contributed by atoms with Gasteiger partial charge in [-0.25, -0.2) is 4.98 Å². The maximum absolute atomic E-state index is 9.94. The Morgan fingerprint density at radius 1 is 1.38 bits per heavy atom. The molecule has 0 saturated heterocycles. The zero-order chi connectivity index (χ0) is 11.5. The summed E-state index contributed by atoms with van der Waals surface area (Å²) < 4.78 is 1.75. The molecule has 0 bridgehead atoms. The van der Waals surface area contributed by atoms with Gasteiger partial charge < -0.3 is 20.3 Å². The summed E-state index contributed by atoms with van der Waals surface area (Å²) in [6.07, 6.45) is 1.92. The largest absolute Gasteiger partial charge is 0.390 e. The van der Waals surface area contributed by atoms with Crippen molar-refractivity contribution in [2.45, 2.75) is 18.6 Å². The fourth-order valence-corrected chi connectivity index (χ4v) is 1.70. The Hall–Kier alpha value is -1.43. The van der Waals surface area contributed by atoms with E-state index in [1.807, 2.05) is 18.2 Å². The van der Waals surface area contributed by atoms with Crippen molar-refractivity contribution in [2.24, 2.45) is 5.73 Å². The number of nitrogens with zero attached hydrogens (tertiary/aromatic N) is 2. The van der Waals surface area contributed by atoms with Crippen LogP contribution in [-0.4, -0.2) is 32.2 Å². The van der Waals surface area contributed by atoms with Crippen LogP contribution in [0.25, 0.3) is 5.65 Å². The lowest BCUT2D eigenvalue weighted by Gasteiger charge is -2.16. The van der Waals surface area contributed by atoms with Gasteiger partial charge in [0.25, 0.3) is 0 Å². The van der Waals surface area contributed by atoms with Crippen LogP contribution in [0.3, 0.4) is 0 Å². The van der Waals surface area contributed by atoms with Gasteiger partial charge in [-0.2, -0.15) is 0 Å². The first-order valence-electron chi connectivity index (χ1n) is 5.22. The first-order chi connectivity index (χ1) is 7.74. The Balaban J connectivity index is 2.32. The SMILES string of the molecule is NCCC(O)C(O)c1cnc2ccccn12. The number of nitrogens with two attached hydrogens (primary N) is 1. The number of aliphatic hydroxyl groups is 2. The molecule has 0 aromatic carbocycles. The lowest BCUT2D eigenvalue weighted by Crippen LogP contribution is -2.22. The summed E-state index contributed by atoms with van der Waals surface area (Å²) in [5.41, 5.74) is 6.67. The predicted octanol–water partition coefficient (Wildman–Crippen LogP) is 0.0774. The van der Waals surface area contributed by atoms with Crippen molar-refractivity contribution < 1.29 is 10.2 Å². The summed E-state index contributed by atoms with van der Waals surface area (Å²) in [6.45, 7) is 0.342. The number of hydrogen-bond donors (Lipinski definition) is 3. The van der Waals surface area contributed by atoms with Crippen molar-refractivity contribution in [2.75, 3.05) is 6.54 Å². The zero-order valence-corrected chi connectivity index (χ0v) is 8.82. The summed E-state index contributed by atoms with van der Waals surface area (Å²) in [4.78, 5) is 4.14. The van der Waals surface area contributed by atoms with E-state index in [0.29, 0.717) is 18.7 Å². The van der Waals surface area contributed by atoms with Crippen molar-refractivity contribution >= 4 is 5.65 Å². The topological polar surface area (TPSA) is 83.8 Å². The van der Waals surface area contributed by atoms with Gasteiger partial charge in [0.15, 0.2) is 0 Å². The first kappa shape index (κ1) is 11.1. The van der Waals surface area contributed by atoms with E-state index >= 15 is 0 Å². The zero-order valence-electron chi connectivity index (χ0n) is 8.82. The third kappa shape index (κ3) is 1.92. The highest BCUT2D eigenvalue weighted by molar-refractivity contribution is 5.40. The molecule has 2 rings (SSSR count). The van der Waals surface area contributed by atoms with Crippen molar-refractivity contribution in [1.82, 2.24) is 9.38 Å². The maximum Gasteiger partial charge on any atom is 0.136 e. The number of aliphatic hydroxyl groups excluding tert-OH is 2. The average molecular weight is 221 g/mol. The monoisotopic (exact) mass is 221 g/mol. The molecule has 0 aliphatic carbocycles. The standard InChI is InChI=1S/C11H15N3O2/c12-5-4-9(15)11(16)8-7-13-10-3-1-2-6-14(8)10/h1-3,6-7,9,11,15-16H,4-5,12H2. The Bertz CT molecular complexity index is 469. The minimum absolute atomic E-state index is 0.342. The number of imidazole rings is 1. The molecule has 2 aromatic heterocycles. The molecule has 16 heavy (non-hydrogen) atoms. The molecule has 0 aliphatic rings. The van der Waals surface area contributed by atoms with Crippen LogP contribution in [0.1, 0.15) is 18.2 Å². The van der Waals surface area contributed by atoms with E-state index in [2.05, 4.69) is 4.98 Å². The number of aromatic nitrogens is 2. The molecule has 2 heterocycles. The van der Waals surface area contributed by atoms with Crippen LogP contribution in [0, 0.1) is 0 Å². The Morgan fingerprint density at radius 2 is 2.19 bits per heavy atom. The van der Waals surface area contributed by atoms with Crippen LogP contribution < -0.4 is 5.73 Å². The average Bonchev–Trinajstić information content (AvgIpc) is 2.72. The van der Waals surface area contributed by atoms with E-state index in [4.69, 9.17) is 5.73 Å². The molecule has 86 valence electrons. The smallest absolute Gasteiger partial charge is 0.136 e. The van der Waals surface area contributed by atoms with Gasteiger partial charge in [-0.05, 0) is 25.1 Å². The van der Waals surface area contributed by atoms with Gasteiger partial charge in [0, 0.05) is 6.20 Å². The summed E-state index contributed by atoms with van der Waals surface area (Å²) in [6, 6.07) is 5.56. The summed E-state index contributed by atoms with van der Waals surface area (Å²) in [7, 11) is 0. The molecule has 0 aliphatic heterocycles. The molecule has 2 unspecified atom stereocenters. The van der Waals surface area contributed by atoms with Crippen molar-refractivity contribution in [3.05, 3.63) is 36.3 Å². The van der Waals surface area contributed by atoms with E-state index in [0.717, 1.165) is 5.65 Å². The van der Waals surface area contributed by atoms with E-state index in [1.165, 1.54) is 0 Å². The van der Waals surface area contributed by atoms with E-state index in [9.17, 15) is 10.2 Å². The van der Waals surface area contributed by atoms with Crippen molar-refractivity contribution in [1.29, 1.82) is 0 Å². The molecule has 0 saturated carbocycles. The highest BCUT2D eigenvalue weighted by Gasteiger charge is 2.20. The van der Waals surface area contributed by atoms with E-state index in [1.54, 1.807) is 16.8 Å². The van der Waals surface area contributed by atoms with Crippen LogP contribution in [0.2, 0.25) is 0 Å². The molecule has 2 aromatic rings. The molecule has 0 radical (unpaired) electrons. The minimum atomic E-state index is -0.957. The Labute approximate surface area is 93.2 Å². The molecule has 5 nitrogen and oxygen atoms in total. The van der Waals surface area contributed by atoms with E-state index in [-0.39, 0.29) is 0 Å². The van der Waals surface area contributed by atoms with Gasteiger partial charge in [0.1, 0.15) is 11.8 Å². The van der Waals surface area contributed by atoms with Crippen LogP contribution >= 0.6 is 0 Å². The van der Waals surface area contributed by atoms with E-state index < -0.39 is 12.2 Å². The Kier molecular flexibility index (Phi) is 3.19. The predicted molar refractivity (Wildman–Crippen MR) is 59.8 cm³/mol. The van der Waals surface area contributed by atoms with Gasteiger partial charge in [-0.3, -0.25) is 0 Å². The van der Waals surface area contributed by atoms with Crippen molar-refractivity contribution in [3.63, 3.8) is 0 Å². The fourth-order valence-electron chi connectivity index (χ4n) is 1.70. The number of hydrogen-bond acceptors (Lipinski definition) is 4. The van der Waals surface area contributed by atoms with Crippen molar-refractivity contribution in [3.8, 4) is 0 Å². The number of pyridine rings is 1. The van der Waals surface area contributed by atoms with Crippen LogP contribution in [0.15, 0.2) is 30.6 Å². The lowest BCUT2D eigenvalue weighted by atomic mass is 10.1. The second-order valence-electron chi connectivity index (χ2n) is 3.70. The molecule has 5 heteroatoms. The highest BCUT2D eigenvalue weighted by atomic mass is 16.3. The van der Waals surface area contributed by atoms with Crippen LogP contribution in [0.5, 0.6) is 0 Å². The van der Waals surface area contributed by atoms with Gasteiger partial charge in [0.2, 0.25) is 0 Å². The van der Waals surface area contributed by atoms with Crippen LogP contribution in [-0.2, 0) is 0 Å². The Morgan fingerprint density at radius 3 is 2.94 bits per heavy atom. The van der Waals surface area contributed by atoms with Gasteiger partial charge in [-0.15, -0.1) is 0 Å². The number of fused-ring (bicyclic) bond motifs is 1. The second-order valence-corrected chi connectivity index (χ2v) is 3.70. The van der Waals surface area contributed by atoms with Crippen LogP contribution in [0.4, 0.5) is 0 Å². The normalized spacial score (nSPS) is 15.2. The molecular formula is C11H15N3O2. The fraction of sp³-hybridized carbons (Fsp3) is 0.364. The molecule has 2 atom stereocenters. The molecule has 4 N–H and O–H groups in total.